The molecule has 0 atom stereocenters. The maximum absolute atomic E-state index is 11.3. The zero-order valence-corrected chi connectivity index (χ0v) is 13.6. The fourth-order valence-electron chi connectivity index (χ4n) is 1.57. The van der Waals surface area contributed by atoms with E-state index < -0.39 is 0 Å². The number of nitriles is 1. The van der Waals surface area contributed by atoms with Crippen LogP contribution >= 0.6 is 34.4 Å². The molecule has 0 fully saturated rings. The number of benzene rings is 2. The molecule has 0 saturated carbocycles. The second kappa shape index (κ2) is 6.77. The van der Waals surface area contributed by atoms with Crippen LogP contribution in [-0.2, 0) is 4.74 Å². The summed E-state index contributed by atoms with van der Waals surface area (Å²) in [6.07, 6.45) is 0. The molecule has 2 aromatic carbocycles. The molecule has 0 spiro atoms. The summed E-state index contributed by atoms with van der Waals surface area (Å²) in [6, 6.07) is 15.1. The second-order valence-electron chi connectivity index (χ2n) is 3.87. The van der Waals surface area contributed by atoms with Gasteiger partial charge in [-0.3, -0.25) is 0 Å². The highest BCUT2D eigenvalue weighted by atomic mass is 127. The molecule has 2 rings (SSSR count). The molecule has 0 N–H and O–H groups in total. The molecule has 0 saturated heterocycles. The van der Waals surface area contributed by atoms with Crippen molar-refractivity contribution in [2.75, 3.05) is 7.11 Å². The smallest absolute Gasteiger partial charge is 0.337 e. The van der Waals surface area contributed by atoms with E-state index in [4.69, 9.17) is 5.26 Å². The fourth-order valence-corrected chi connectivity index (χ4v) is 2.88. The van der Waals surface area contributed by atoms with Crippen LogP contribution in [0.2, 0.25) is 0 Å². The average molecular weight is 395 g/mol. The molecule has 100 valence electrons. The summed E-state index contributed by atoms with van der Waals surface area (Å²) in [6.45, 7) is 0. The molecular formula is C15H10INO2S. The third-order valence-electron chi connectivity index (χ3n) is 2.57. The van der Waals surface area contributed by atoms with Crippen LogP contribution in [0.1, 0.15) is 15.9 Å². The van der Waals surface area contributed by atoms with E-state index in [1.54, 1.807) is 23.9 Å². The summed E-state index contributed by atoms with van der Waals surface area (Å²) >= 11 is 3.69. The highest BCUT2D eigenvalue weighted by Crippen LogP contribution is 2.29. The van der Waals surface area contributed by atoms with Gasteiger partial charge in [0.15, 0.2) is 0 Å². The van der Waals surface area contributed by atoms with E-state index in [0.29, 0.717) is 11.1 Å². The minimum Gasteiger partial charge on any atom is -0.465 e. The Kier molecular flexibility index (Phi) is 5.04. The number of methoxy groups -OCH3 is 1. The van der Waals surface area contributed by atoms with Crippen LogP contribution in [0.3, 0.4) is 0 Å². The van der Waals surface area contributed by atoms with Gasteiger partial charge in [-0.05, 0) is 65.1 Å². The van der Waals surface area contributed by atoms with Gasteiger partial charge < -0.3 is 4.74 Å². The van der Waals surface area contributed by atoms with Crippen molar-refractivity contribution in [3.63, 3.8) is 0 Å². The van der Waals surface area contributed by atoms with Gasteiger partial charge in [-0.1, -0.05) is 11.8 Å². The molecule has 20 heavy (non-hydrogen) atoms. The highest BCUT2D eigenvalue weighted by Gasteiger charge is 2.06. The van der Waals surface area contributed by atoms with Crippen molar-refractivity contribution in [1.29, 1.82) is 5.26 Å². The Hall–Kier alpha value is -1.52. The summed E-state index contributed by atoms with van der Waals surface area (Å²) < 4.78 is 5.60. The van der Waals surface area contributed by atoms with Gasteiger partial charge in [0.2, 0.25) is 0 Å². The zero-order valence-electron chi connectivity index (χ0n) is 10.6. The van der Waals surface area contributed by atoms with Crippen molar-refractivity contribution in [2.45, 2.75) is 9.79 Å². The zero-order chi connectivity index (χ0) is 14.5. The SMILES string of the molecule is COC(=O)c1ccc(Sc2ccc(I)c(C#N)c2)cc1. The van der Waals surface area contributed by atoms with E-state index >= 15 is 0 Å². The van der Waals surface area contributed by atoms with Gasteiger partial charge in [0.25, 0.3) is 0 Å². The lowest BCUT2D eigenvalue weighted by Gasteiger charge is -2.04. The van der Waals surface area contributed by atoms with Gasteiger partial charge in [0, 0.05) is 13.4 Å². The van der Waals surface area contributed by atoms with Gasteiger partial charge in [0.1, 0.15) is 6.07 Å². The van der Waals surface area contributed by atoms with Crippen LogP contribution in [0.4, 0.5) is 0 Å². The standard InChI is InChI=1S/C15H10INO2S/c1-19-15(18)10-2-4-12(5-3-10)20-13-6-7-14(16)11(8-13)9-17/h2-8H,1H3. The largest absolute Gasteiger partial charge is 0.465 e. The van der Waals surface area contributed by atoms with Crippen LogP contribution in [0.15, 0.2) is 52.3 Å². The maximum Gasteiger partial charge on any atom is 0.337 e. The summed E-state index contributed by atoms with van der Waals surface area (Å²) in [5.74, 6) is -0.345. The van der Waals surface area contributed by atoms with Gasteiger partial charge in [-0.2, -0.15) is 5.26 Å². The second-order valence-corrected chi connectivity index (χ2v) is 6.18. The molecule has 5 heteroatoms. The monoisotopic (exact) mass is 395 g/mol. The first-order valence-corrected chi connectivity index (χ1v) is 7.59. The third-order valence-corrected chi connectivity index (χ3v) is 4.51. The number of rotatable bonds is 3. The first-order chi connectivity index (χ1) is 9.63. The average Bonchev–Trinajstić information content (AvgIpc) is 2.49. The van der Waals surface area contributed by atoms with E-state index in [0.717, 1.165) is 13.4 Å². The minimum atomic E-state index is -0.345. The van der Waals surface area contributed by atoms with Gasteiger partial charge in [0.05, 0.1) is 18.2 Å². The molecule has 0 aliphatic rings. The molecule has 0 heterocycles. The first kappa shape index (κ1) is 14.9. The topological polar surface area (TPSA) is 50.1 Å². The number of hydrogen-bond donors (Lipinski definition) is 0. The summed E-state index contributed by atoms with van der Waals surface area (Å²) in [4.78, 5) is 13.3. The van der Waals surface area contributed by atoms with Crippen LogP contribution in [0.25, 0.3) is 0 Å². The number of carbonyl (C=O) groups excluding carboxylic acids is 1. The third kappa shape index (κ3) is 3.52. The van der Waals surface area contributed by atoms with Crippen molar-refractivity contribution >= 4 is 40.3 Å². The molecule has 2 aromatic rings. The van der Waals surface area contributed by atoms with Crippen molar-refractivity contribution < 1.29 is 9.53 Å². The number of nitrogens with zero attached hydrogens (tertiary/aromatic N) is 1. The van der Waals surface area contributed by atoms with Crippen molar-refractivity contribution in [2.24, 2.45) is 0 Å². The Bertz CT molecular complexity index is 677. The summed E-state index contributed by atoms with van der Waals surface area (Å²) in [5.41, 5.74) is 1.19. The lowest BCUT2D eigenvalue weighted by molar-refractivity contribution is 0.0600. The molecular weight excluding hydrogens is 385 g/mol. The molecule has 0 radical (unpaired) electrons. The van der Waals surface area contributed by atoms with E-state index in [-0.39, 0.29) is 5.97 Å². The Morgan fingerprint density at radius 1 is 1.20 bits per heavy atom. The van der Waals surface area contributed by atoms with Crippen LogP contribution in [0.5, 0.6) is 0 Å². The predicted molar refractivity (Wildman–Crippen MR) is 85.8 cm³/mol. The van der Waals surface area contributed by atoms with Crippen LogP contribution in [0, 0.1) is 14.9 Å². The Balaban J connectivity index is 2.18. The number of carbonyl (C=O) groups is 1. The van der Waals surface area contributed by atoms with Gasteiger partial charge >= 0.3 is 5.97 Å². The molecule has 0 aliphatic carbocycles. The molecule has 0 aliphatic heterocycles. The van der Waals surface area contributed by atoms with Crippen LogP contribution < -0.4 is 0 Å². The van der Waals surface area contributed by atoms with Crippen molar-refractivity contribution in [3.05, 3.63) is 57.2 Å². The quantitative estimate of drug-likeness (QED) is 0.580. The number of ether oxygens (including phenoxy) is 1. The van der Waals surface area contributed by atoms with Crippen LogP contribution in [-0.4, -0.2) is 13.1 Å². The van der Waals surface area contributed by atoms with E-state index in [1.807, 2.05) is 30.3 Å². The highest BCUT2D eigenvalue weighted by molar-refractivity contribution is 14.1. The Labute approximate surface area is 135 Å². The lowest BCUT2D eigenvalue weighted by atomic mass is 10.2. The van der Waals surface area contributed by atoms with Crippen molar-refractivity contribution in [1.82, 2.24) is 0 Å². The van der Waals surface area contributed by atoms with E-state index in [9.17, 15) is 4.79 Å². The van der Waals surface area contributed by atoms with Crippen molar-refractivity contribution in [3.8, 4) is 6.07 Å². The molecule has 0 unspecified atom stereocenters. The maximum atomic E-state index is 11.3. The number of hydrogen-bond acceptors (Lipinski definition) is 4. The molecule has 3 nitrogen and oxygen atoms in total. The first-order valence-electron chi connectivity index (χ1n) is 5.70. The van der Waals surface area contributed by atoms with E-state index in [1.165, 1.54) is 7.11 Å². The Morgan fingerprint density at radius 3 is 2.45 bits per heavy atom. The summed E-state index contributed by atoms with van der Waals surface area (Å²) in [5, 5.41) is 9.02. The lowest BCUT2D eigenvalue weighted by Crippen LogP contribution is -2.00. The number of esters is 1. The fraction of sp³-hybridized carbons (Fsp3) is 0.0667. The van der Waals surface area contributed by atoms with Gasteiger partial charge in [-0.25, -0.2) is 4.79 Å². The summed E-state index contributed by atoms with van der Waals surface area (Å²) in [7, 11) is 1.36. The molecule has 0 bridgehead atoms. The molecule has 0 amide bonds. The predicted octanol–water partition coefficient (Wildman–Crippen LogP) is 4.10. The normalized spacial score (nSPS) is 9.85. The van der Waals surface area contributed by atoms with E-state index in [2.05, 4.69) is 33.4 Å². The molecule has 0 aromatic heterocycles. The Morgan fingerprint density at radius 2 is 1.85 bits per heavy atom. The van der Waals surface area contributed by atoms with Gasteiger partial charge in [-0.15, -0.1) is 0 Å². The number of halogens is 1. The minimum absolute atomic E-state index is 0.345.